The Labute approximate surface area is 97.6 Å². The van der Waals surface area contributed by atoms with Gasteiger partial charge in [-0.2, -0.15) is 13.2 Å². The fourth-order valence-corrected chi connectivity index (χ4v) is 1.79. The summed E-state index contributed by atoms with van der Waals surface area (Å²) < 4.78 is 36.8. The first kappa shape index (κ1) is 14.2. The average Bonchev–Trinajstić information content (AvgIpc) is 2.96. The average molecular weight is 254 g/mol. The lowest BCUT2D eigenvalue weighted by molar-refractivity contribution is -0.165. The zero-order chi connectivity index (χ0) is 13.3. The quantitative estimate of drug-likeness (QED) is 0.750. The number of carbonyl (C=O) groups excluding carboxylic acids is 1. The van der Waals surface area contributed by atoms with Crippen molar-refractivity contribution in [3.63, 3.8) is 0 Å². The summed E-state index contributed by atoms with van der Waals surface area (Å²) in [6.07, 6.45) is -2.96. The van der Waals surface area contributed by atoms with E-state index in [1.807, 2.05) is 0 Å². The minimum atomic E-state index is -4.48. The number of hydrogen-bond donors (Lipinski definition) is 2. The van der Waals surface area contributed by atoms with Crippen LogP contribution in [0, 0.1) is 5.92 Å². The molecule has 1 atom stereocenters. The third-order valence-electron chi connectivity index (χ3n) is 2.91. The first-order valence-electron chi connectivity index (χ1n) is 5.44. The molecule has 0 aromatic carbocycles. The summed E-state index contributed by atoms with van der Waals surface area (Å²) in [6.45, 7) is -0.778. The summed E-state index contributed by atoms with van der Waals surface area (Å²) >= 11 is 0. The van der Waals surface area contributed by atoms with E-state index in [9.17, 15) is 18.0 Å². The number of carbonyl (C=O) groups is 1. The Hall–Kier alpha value is -0.820. The number of hydrogen-bond acceptors (Lipinski definition) is 3. The molecule has 0 aromatic rings. The summed E-state index contributed by atoms with van der Waals surface area (Å²) in [7, 11) is 0. The highest BCUT2D eigenvalue weighted by Gasteiger charge is 2.47. The van der Waals surface area contributed by atoms with E-state index in [0.29, 0.717) is 4.90 Å². The van der Waals surface area contributed by atoms with Crippen molar-refractivity contribution >= 4 is 5.91 Å². The number of aliphatic hydroxyl groups is 1. The number of halogens is 3. The van der Waals surface area contributed by atoms with Crippen LogP contribution in [0.15, 0.2) is 0 Å². The van der Waals surface area contributed by atoms with Gasteiger partial charge >= 0.3 is 6.18 Å². The molecule has 1 rings (SSSR count). The van der Waals surface area contributed by atoms with E-state index >= 15 is 0 Å². The van der Waals surface area contributed by atoms with E-state index in [0.717, 1.165) is 12.8 Å². The second-order valence-corrected chi connectivity index (χ2v) is 4.62. The zero-order valence-corrected chi connectivity index (χ0v) is 9.63. The lowest BCUT2D eigenvalue weighted by Crippen LogP contribution is -2.57. The van der Waals surface area contributed by atoms with Crippen LogP contribution in [0.1, 0.15) is 19.8 Å². The monoisotopic (exact) mass is 254 g/mol. The molecule has 0 heterocycles. The van der Waals surface area contributed by atoms with E-state index in [2.05, 4.69) is 0 Å². The standard InChI is InChI=1S/C10H17F3N2O2/c1-9(14,7-2-3-7)8(17)15(4-5-16)6-10(11,12)13/h7,16H,2-6,14H2,1H3. The molecule has 0 aromatic heterocycles. The maximum atomic E-state index is 12.3. The molecule has 1 amide bonds. The van der Waals surface area contributed by atoms with E-state index in [1.54, 1.807) is 0 Å². The van der Waals surface area contributed by atoms with Crippen molar-refractivity contribution in [2.45, 2.75) is 31.5 Å². The van der Waals surface area contributed by atoms with E-state index in [4.69, 9.17) is 10.8 Å². The fourth-order valence-electron chi connectivity index (χ4n) is 1.79. The Bertz CT molecular complexity index is 288. The number of nitrogens with zero attached hydrogens (tertiary/aromatic N) is 1. The molecule has 3 N–H and O–H groups in total. The molecule has 100 valence electrons. The molecule has 1 aliphatic carbocycles. The van der Waals surface area contributed by atoms with Crippen LogP contribution in [0.4, 0.5) is 13.2 Å². The molecule has 1 fully saturated rings. The number of aliphatic hydroxyl groups excluding tert-OH is 1. The third-order valence-corrected chi connectivity index (χ3v) is 2.91. The van der Waals surface area contributed by atoms with Gasteiger partial charge in [-0.3, -0.25) is 4.79 Å². The Morgan fingerprint density at radius 3 is 2.35 bits per heavy atom. The molecular formula is C10H17F3N2O2. The largest absolute Gasteiger partial charge is 0.406 e. The topological polar surface area (TPSA) is 66.6 Å². The predicted molar refractivity (Wildman–Crippen MR) is 55.0 cm³/mol. The summed E-state index contributed by atoms with van der Waals surface area (Å²) in [6, 6.07) is 0. The molecule has 0 saturated heterocycles. The minimum absolute atomic E-state index is 0.0515. The summed E-state index contributed by atoms with van der Waals surface area (Å²) in [4.78, 5) is 12.5. The van der Waals surface area contributed by atoms with Gasteiger partial charge in [-0.05, 0) is 25.7 Å². The minimum Gasteiger partial charge on any atom is -0.395 e. The maximum absolute atomic E-state index is 12.3. The zero-order valence-electron chi connectivity index (χ0n) is 9.63. The van der Waals surface area contributed by atoms with E-state index in [1.165, 1.54) is 6.92 Å². The smallest absolute Gasteiger partial charge is 0.395 e. The van der Waals surface area contributed by atoms with Gasteiger partial charge in [0.05, 0.1) is 12.1 Å². The Balaban J connectivity index is 2.72. The highest BCUT2D eigenvalue weighted by Crippen LogP contribution is 2.39. The number of alkyl halides is 3. The first-order valence-corrected chi connectivity index (χ1v) is 5.44. The van der Waals surface area contributed by atoms with Gasteiger partial charge in [0.1, 0.15) is 6.54 Å². The van der Waals surface area contributed by atoms with Crippen LogP contribution < -0.4 is 5.73 Å². The summed E-state index contributed by atoms with van der Waals surface area (Å²) in [5.74, 6) is -0.796. The number of amides is 1. The second kappa shape index (κ2) is 4.81. The fraction of sp³-hybridized carbons (Fsp3) is 0.900. The third kappa shape index (κ3) is 3.85. The SMILES string of the molecule is CC(N)(C(=O)N(CCO)CC(F)(F)F)C1CC1. The normalized spacial score (nSPS) is 19.9. The van der Waals surface area contributed by atoms with Crippen molar-refractivity contribution in [3.05, 3.63) is 0 Å². The van der Waals surface area contributed by atoms with Crippen LogP contribution in [0.2, 0.25) is 0 Å². The molecule has 0 spiro atoms. The van der Waals surface area contributed by atoms with Crippen LogP contribution in [0.3, 0.4) is 0 Å². The van der Waals surface area contributed by atoms with Crippen molar-refractivity contribution in [3.8, 4) is 0 Å². The first-order chi connectivity index (χ1) is 7.68. The Morgan fingerprint density at radius 1 is 1.47 bits per heavy atom. The highest BCUT2D eigenvalue weighted by atomic mass is 19.4. The molecule has 4 nitrogen and oxygen atoms in total. The second-order valence-electron chi connectivity index (χ2n) is 4.62. The van der Waals surface area contributed by atoms with Gasteiger partial charge in [0.25, 0.3) is 0 Å². The Kier molecular flexibility index (Phi) is 4.03. The predicted octanol–water partition coefficient (Wildman–Crippen LogP) is 0.497. The lowest BCUT2D eigenvalue weighted by Gasteiger charge is -2.32. The molecule has 1 saturated carbocycles. The van der Waals surface area contributed by atoms with E-state index in [-0.39, 0.29) is 12.5 Å². The van der Waals surface area contributed by atoms with Crippen molar-refractivity contribution < 1.29 is 23.1 Å². The van der Waals surface area contributed by atoms with Crippen LogP contribution in [-0.4, -0.2) is 47.3 Å². The van der Waals surface area contributed by atoms with Gasteiger partial charge in [-0.25, -0.2) is 0 Å². The van der Waals surface area contributed by atoms with Gasteiger partial charge in [0.15, 0.2) is 0 Å². The van der Waals surface area contributed by atoms with Crippen LogP contribution >= 0.6 is 0 Å². The molecule has 0 radical (unpaired) electrons. The van der Waals surface area contributed by atoms with Crippen LogP contribution in [0.25, 0.3) is 0 Å². The van der Waals surface area contributed by atoms with Gasteiger partial charge in [-0.15, -0.1) is 0 Å². The van der Waals surface area contributed by atoms with Gasteiger partial charge in [-0.1, -0.05) is 0 Å². The van der Waals surface area contributed by atoms with Gasteiger partial charge < -0.3 is 15.7 Å². The van der Waals surface area contributed by atoms with Crippen molar-refractivity contribution in [2.75, 3.05) is 19.7 Å². The van der Waals surface area contributed by atoms with Crippen LogP contribution in [-0.2, 0) is 4.79 Å². The number of rotatable bonds is 5. The molecule has 0 bridgehead atoms. The van der Waals surface area contributed by atoms with Gasteiger partial charge in [0, 0.05) is 6.54 Å². The van der Waals surface area contributed by atoms with Gasteiger partial charge in [0.2, 0.25) is 5.91 Å². The van der Waals surface area contributed by atoms with E-state index < -0.39 is 30.8 Å². The van der Waals surface area contributed by atoms with Crippen molar-refractivity contribution in [2.24, 2.45) is 11.7 Å². The Morgan fingerprint density at radius 2 is 2.00 bits per heavy atom. The summed E-state index contributed by atoms with van der Waals surface area (Å²) in [5.41, 5.74) is 4.51. The molecule has 17 heavy (non-hydrogen) atoms. The molecule has 1 aliphatic rings. The molecular weight excluding hydrogens is 237 g/mol. The molecule has 0 aliphatic heterocycles. The highest BCUT2D eigenvalue weighted by molar-refractivity contribution is 5.86. The molecule has 1 unspecified atom stereocenters. The van der Waals surface area contributed by atoms with Crippen LogP contribution in [0.5, 0.6) is 0 Å². The van der Waals surface area contributed by atoms with Crippen molar-refractivity contribution in [1.29, 1.82) is 0 Å². The lowest BCUT2D eigenvalue weighted by atomic mass is 9.95. The van der Waals surface area contributed by atoms with Crippen molar-refractivity contribution in [1.82, 2.24) is 4.90 Å². The maximum Gasteiger partial charge on any atom is 0.406 e. The number of nitrogens with two attached hydrogens (primary N) is 1. The molecule has 7 heteroatoms. The summed E-state index contributed by atoms with van der Waals surface area (Å²) in [5, 5.41) is 8.70.